The van der Waals surface area contributed by atoms with E-state index < -0.39 is 0 Å². The molecule has 0 heterocycles. The Morgan fingerprint density at radius 3 is 2.53 bits per heavy atom. The van der Waals surface area contributed by atoms with Crippen LogP contribution in [0.15, 0.2) is 30.3 Å². The summed E-state index contributed by atoms with van der Waals surface area (Å²) in [4.78, 5) is 2.13. The lowest BCUT2D eigenvalue weighted by molar-refractivity contribution is 0.119. The van der Waals surface area contributed by atoms with Crippen molar-refractivity contribution in [2.24, 2.45) is 0 Å². The number of nitrogens with zero attached hydrogens (tertiary/aromatic N) is 1. The SMILES string of the molecule is CC(CCNCCOCCN(C)C)c1ccccc1. The van der Waals surface area contributed by atoms with Crippen LogP contribution in [0.5, 0.6) is 0 Å². The van der Waals surface area contributed by atoms with E-state index in [0.29, 0.717) is 5.92 Å². The maximum absolute atomic E-state index is 5.53. The fourth-order valence-electron chi connectivity index (χ4n) is 1.89. The average Bonchev–Trinajstić information content (AvgIpc) is 2.42. The van der Waals surface area contributed by atoms with E-state index in [2.05, 4.69) is 61.6 Å². The molecule has 108 valence electrons. The number of ether oxygens (including phenoxy) is 1. The maximum atomic E-state index is 5.53. The van der Waals surface area contributed by atoms with Gasteiger partial charge in [0, 0.05) is 13.1 Å². The van der Waals surface area contributed by atoms with Gasteiger partial charge in [0.15, 0.2) is 0 Å². The van der Waals surface area contributed by atoms with Gasteiger partial charge in [-0.05, 0) is 38.5 Å². The minimum absolute atomic E-state index is 0.614. The van der Waals surface area contributed by atoms with Crippen LogP contribution in [-0.4, -0.2) is 51.8 Å². The van der Waals surface area contributed by atoms with Gasteiger partial charge in [-0.2, -0.15) is 0 Å². The first-order valence-electron chi connectivity index (χ1n) is 7.18. The molecule has 1 rings (SSSR count). The zero-order chi connectivity index (χ0) is 13.9. The Balaban J connectivity index is 1.96. The molecule has 1 atom stereocenters. The van der Waals surface area contributed by atoms with Crippen LogP contribution in [0.2, 0.25) is 0 Å². The zero-order valence-corrected chi connectivity index (χ0v) is 12.6. The molecule has 0 saturated heterocycles. The van der Waals surface area contributed by atoms with Crippen LogP contribution in [0.3, 0.4) is 0 Å². The van der Waals surface area contributed by atoms with Gasteiger partial charge in [0.05, 0.1) is 13.2 Å². The fourth-order valence-corrected chi connectivity index (χ4v) is 1.89. The second-order valence-corrected chi connectivity index (χ2v) is 5.27. The molecule has 1 unspecified atom stereocenters. The van der Waals surface area contributed by atoms with E-state index in [9.17, 15) is 0 Å². The highest BCUT2D eigenvalue weighted by molar-refractivity contribution is 5.18. The Kier molecular flexibility index (Phi) is 8.47. The first-order valence-corrected chi connectivity index (χ1v) is 7.18. The van der Waals surface area contributed by atoms with Gasteiger partial charge in [-0.1, -0.05) is 37.3 Å². The van der Waals surface area contributed by atoms with Gasteiger partial charge in [0.25, 0.3) is 0 Å². The number of hydrogen-bond donors (Lipinski definition) is 1. The third-order valence-electron chi connectivity index (χ3n) is 3.23. The van der Waals surface area contributed by atoms with E-state index in [4.69, 9.17) is 4.74 Å². The summed E-state index contributed by atoms with van der Waals surface area (Å²) in [5.74, 6) is 0.614. The van der Waals surface area contributed by atoms with Gasteiger partial charge in [-0.3, -0.25) is 0 Å². The van der Waals surface area contributed by atoms with Gasteiger partial charge in [-0.25, -0.2) is 0 Å². The topological polar surface area (TPSA) is 24.5 Å². The van der Waals surface area contributed by atoms with Crippen molar-refractivity contribution in [2.75, 3.05) is 46.9 Å². The van der Waals surface area contributed by atoms with Crippen molar-refractivity contribution in [3.63, 3.8) is 0 Å². The van der Waals surface area contributed by atoms with Crippen molar-refractivity contribution in [1.82, 2.24) is 10.2 Å². The van der Waals surface area contributed by atoms with E-state index in [1.165, 1.54) is 12.0 Å². The zero-order valence-electron chi connectivity index (χ0n) is 12.6. The predicted octanol–water partition coefficient (Wildman–Crippen LogP) is 2.35. The molecule has 0 amide bonds. The predicted molar refractivity (Wildman–Crippen MR) is 81.7 cm³/mol. The summed E-state index contributed by atoms with van der Waals surface area (Å²) in [5.41, 5.74) is 1.42. The highest BCUT2D eigenvalue weighted by Gasteiger charge is 2.03. The van der Waals surface area contributed by atoms with Crippen LogP contribution in [0, 0.1) is 0 Å². The molecule has 0 aliphatic heterocycles. The number of nitrogens with one attached hydrogen (secondary N) is 1. The second-order valence-electron chi connectivity index (χ2n) is 5.27. The van der Waals surface area contributed by atoms with Gasteiger partial charge in [0.2, 0.25) is 0 Å². The van der Waals surface area contributed by atoms with Crippen molar-refractivity contribution in [2.45, 2.75) is 19.3 Å². The molecule has 0 aromatic heterocycles. The van der Waals surface area contributed by atoms with Crippen molar-refractivity contribution < 1.29 is 4.74 Å². The summed E-state index contributed by atoms with van der Waals surface area (Å²) in [5, 5.41) is 3.44. The summed E-state index contributed by atoms with van der Waals surface area (Å²) >= 11 is 0. The Labute approximate surface area is 118 Å². The average molecular weight is 264 g/mol. The molecule has 0 fully saturated rings. The number of likely N-dealkylation sites (N-methyl/N-ethyl adjacent to an activating group) is 1. The first kappa shape index (κ1) is 16.2. The molecule has 1 N–H and O–H groups in total. The number of rotatable bonds is 10. The van der Waals surface area contributed by atoms with Gasteiger partial charge in [-0.15, -0.1) is 0 Å². The summed E-state index contributed by atoms with van der Waals surface area (Å²) in [6, 6.07) is 10.7. The minimum atomic E-state index is 0.614. The molecule has 0 spiro atoms. The molecule has 0 radical (unpaired) electrons. The number of hydrogen-bond acceptors (Lipinski definition) is 3. The summed E-state index contributed by atoms with van der Waals surface area (Å²) in [7, 11) is 4.12. The van der Waals surface area contributed by atoms with E-state index in [-0.39, 0.29) is 0 Å². The number of benzene rings is 1. The highest BCUT2D eigenvalue weighted by atomic mass is 16.5. The van der Waals surface area contributed by atoms with Crippen LogP contribution in [0.25, 0.3) is 0 Å². The molecule has 19 heavy (non-hydrogen) atoms. The third-order valence-corrected chi connectivity index (χ3v) is 3.23. The monoisotopic (exact) mass is 264 g/mol. The van der Waals surface area contributed by atoms with Crippen LogP contribution < -0.4 is 5.32 Å². The lowest BCUT2D eigenvalue weighted by Gasteiger charge is -2.13. The molecule has 1 aromatic carbocycles. The quantitative estimate of drug-likeness (QED) is 0.657. The molecule has 1 aromatic rings. The Morgan fingerprint density at radius 1 is 1.11 bits per heavy atom. The lowest BCUT2D eigenvalue weighted by atomic mass is 9.98. The molecule has 0 saturated carbocycles. The summed E-state index contributed by atoms with van der Waals surface area (Å²) in [6.07, 6.45) is 1.17. The maximum Gasteiger partial charge on any atom is 0.0593 e. The smallest absolute Gasteiger partial charge is 0.0593 e. The lowest BCUT2D eigenvalue weighted by Crippen LogP contribution is -2.24. The summed E-state index contributed by atoms with van der Waals surface area (Å²) in [6.45, 7) is 6.88. The van der Waals surface area contributed by atoms with Crippen LogP contribution >= 0.6 is 0 Å². The second kappa shape index (κ2) is 9.96. The van der Waals surface area contributed by atoms with E-state index in [1.807, 2.05) is 0 Å². The molecule has 3 heteroatoms. The van der Waals surface area contributed by atoms with Crippen molar-refractivity contribution in [1.29, 1.82) is 0 Å². The van der Waals surface area contributed by atoms with Crippen LogP contribution in [-0.2, 0) is 4.74 Å². The summed E-state index contributed by atoms with van der Waals surface area (Å²) < 4.78 is 5.53. The largest absolute Gasteiger partial charge is 0.379 e. The Bertz CT molecular complexity index is 314. The van der Waals surface area contributed by atoms with Crippen LogP contribution in [0.4, 0.5) is 0 Å². The molecule has 0 aliphatic rings. The molecular formula is C16H28N2O. The Morgan fingerprint density at radius 2 is 1.84 bits per heavy atom. The molecule has 0 bridgehead atoms. The van der Waals surface area contributed by atoms with E-state index in [0.717, 1.165) is 32.8 Å². The van der Waals surface area contributed by atoms with Crippen molar-refractivity contribution in [3.8, 4) is 0 Å². The highest BCUT2D eigenvalue weighted by Crippen LogP contribution is 2.17. The van der Waals surface area contributed by atoms with Crippen molar-refractivity contribution >= 4 is 0 Å². The van der Waals surface area contributed by atoms with Gasteiger partial charge in [0.1, 0.15) is 0 Å². The van der Waals surface area contributed by atoms with E-state index in [1.54, 1.807) is 0 Å². The normalized spacial score (nSPS) is 12.8. The van der Waals surface area contributed by atoms with Crippen LogP contribution in [0.1, 0.15) is 24.8 Å². The van der Waals surface area contributed by atoms with Gasteiger partial charge < -0.3 is 15.0 Å². The van der Waals surface area contributed by atoms with E-state index >= 15 is 0 Å². The molecule has 0 aliphatic carbocycles. The standard InChI is InChI=1S/C16H28N2O/c1-15(16-7-5-4-6-8-16)9-10-17-11-13-19-14-12-18(2)3/h4-8,15,17H,9-14H2,1-3H3. The first-order chi connectivity index (χ1) is 9.20. The van der Waals surface area contributed by atoms with Crippen molar-refractivity contribution in [3.05, 3.63) is 35.9 Å². The third kappa shape index (κ3) is 7.98. The molecular weight excluding hydrogens is 236 g/mol. The fraction of sp³-hybridized carbons (Fsp3) is 0.625. The molecule has 3 nitrogen and oxygen atoms in total. The van der Waals surface area contributed by atoms with Gasteiger partial charge >= 0.3 is 0 Å². The minimum Gasteiger partial charge on any atom is -0.379 e. The Hall–Kier alpha value is -0.900.